The van der Waals surface area contributed by atoms with Crippen molar-refractivity contribution in [2.45, 2.75) is 45.2 Å². The SMILES string of the molecule is CC(=O)N1CCCN(Cc2ccccc2)CCN(S(=O)(=O)c2c(C)noc2C)Cc2cc(F)c(F)cc21. The fourth-order valence-corrected chi connectivity index (χ4v) is 6.37. The summed E-state index contributed by atoms with van der Waals surface area (Å²) in [7, 11) is -4.13. The summed E-state index contributed by atoms with van der Waals surface area (Å²) in [6.45, 7) is 6.03. The molecule has 11 heteroatoms. The molecule has 4 rings (SSSR count). The van der Waals surface area contributed by atoms with Gasteiger partial charge in [0.15, 0.2) is 17.4 Å². The lowest BCUT2D eigenvalue weighted by molar-refractivity contribution is -0.116. The van der Waals surface area contributed by atoms with E-state index in [9.17, 15) is 22.0 Å². The van der Waals surface area contributed by atoms with Gasteiger partial charge in [-0.15, -0.1) is 0 Å². The molecule has 0 fully saturated rings. The summed E-state index contributed by atoms with van der Waals surface area (Å²) in [4.78, 5) is 16.0. The topological polar surface area (TPSA) is 87.0 Å². The molecule has 1 amide bonds. The number of benzene rings is 2. The van der Waals surface area contributed by atoms with Crippen LogP contribution in [0.15, 0.2) is 51.9 Å². The van der Waals surface area contributed by atoms with Crippen LogP contribution in [0.5, 0.6) is 0 Å². The van der Waals surface area contributed by atoms with E-state index in [1.54, 1.807) is 0 Å². The van der Waals surface area contributed by atoms with Gasteiger partial charge in [0.25, 0.3) is 0 Å². The van der Waals surface area contributed by atoms with E-state index in [0.29, 0.717) is 26.1 Å². The minimum atomic E-state index is -4.13. The average Bonchev–Trinajstić information content (AvgIpc) is 3.18. The average molecular weight is 533 g/mol. The molecule has 1 aromatic heterocycles. The van der Waals surface area contributed by atoms with E-state index < -0.39 is 21.7 Å². The van der Waals surface area contributed by atoms with Crippen LogP contribution >= 0.6 is 0 Å². The van der Waals surface area contributed by atoms with Crippen molar-refractivity contribution in [3.63, 3.8) is 0 Å². The van der Waals surface area contributed by atoms with Gasteiger partial charge in [-0.1, -0.05) is 35.5 Å². The molecule has 1 aliphatic heterocycles. The van der Waals surface area contributed by atoms with E-state index in [-0.39, 0.29) is 53.1 Å². The van der Waals surface area contributed by atoms with Crippen molar-refractivity contribution in [1.29, 1.82) is 0 Å². The summed E-state index contributed by atoms with van der Waals surface area (Å²) in [5.74, 6) is -2.42. The molecule has 2 heterocycles. The molecule has 198 valence electrons. The normalized spacial score (nSPS) is 16.3. The summed E-state index contributed by atoms with van der Waals surface area (Å²) in [6, 6.07) is 11.7. The van der Waals surface area contributed by atoms with Crippen molar-refractivity contribution in [1.82, 2.24) is 14.4 Å². The van der Waals surface area contributed by atoms with E-state index in [0.717, 1.165) is 17.7 Å². The Morgan fingerprint density at radius 2 is 1.73 bits per heavy atom. The molecule has 37 heavy (non-hydrogen) atoms. The van der Waals surface area contributed by atoms with Crippen LogP contribution in [-0.4, -0.2) is 54.9 Å². The Morgan fingerprint density at radius 1 is 1.03 bits per heavy atom. The third-order valence-electron chi connectivity index (χ3n) is 6.48. The van der Waals surface area contributed by atoms with Crippen molar-refractivity contribution in [3.05, 3.63) is 76.7 Å². The highest BCUT2D eigenvalue weighted by atomic mass is 32.2. The molecular formula is C26H30F2N4O4S. The van der Waals surface area contributed by atoms with E-state index in [1.165, 1.54) is 30.0 Å². The quantitative estimate of drug-likeness (QED) is 0.505. The van der Waals surface area contributed by atoms with Gasteiger partial charge in [0.05, 0.1) is 5.69 Å². The van der Waals surface area contributed by atoms with Gasteiger partial charge in [0, 0.05) is 52.3 Å². The first-order valence-electron chi connectivity index (χ1n) is 12.0. The highest BCUT2D eigenvalue weighted by Crippen LogP contribution is 2.30. The Morgan fingerprint density at radius 3 is 2.38 bits per heavy atom. The van der Waals surface area contributed by atoms with Crippen LogP contribution in [0, 0.1) is 25.5 Å². The Balaban J connectivity index is 1.79. The molecular weight excluding hydrogens is 502 g/mol. The minimum absolute atomic E-state index is 0.0514. The summed E-state index contributed by atoms with van der Waals surface area (Å²) in [5, 5.41) is 3.79. The van der Waals surface area contributed by atoms with Crippen LogP contribution in [0.2, 0.25) is 0 Å². The predicted molar refractivity (Wildman–Crippen MR) is 134 cm³/mol. The molecule has 2 aromatic carbocycles. The lowest BCUT2D eigenvalue weighted by atomic mass is 10.1. The van der Waals surface area contributed by atoms with Crippen LogP contribution in [0.1, 0.15) is 35.9 Å². The number of carbonyl (C=O) groups excluding carboxylic acids is 1. The fraction of sp³-hybridized carbons (Fsp3) is 0.385. The van der Waals surface area contributed by atoms with Gasteiger partial charge in [-0.05, 0) is 37.5 Å². The standard InChI is InChI=1S/C26H30F2N4O4S/c1-18-26(19(2)36-29-18)37(34,35)31-13-12-30(16-21-8-5-4-6-9-21)10-7-11-32(20(3)33)25-15-24(28)23(27)14-22(25)17-31/h4-6,8-9,14-15H,7,10-13,16-17H2,1-3H3. The highest BCUT2D eigenvalue weighted by molar-refractivity contribution is 7.89. The smallest absolute Gasteiger partial charge is 0.248 e. The summed E-state index contributed by atoms with van der Waals surface area (Å²) in [5.41, 5.74) is 1.63. The number of anilines is 1. The van der Waals surface area contributed by atoms with E-state index in [1.807, 2.05) is 30.3 Å². The van der Waals surface area contributed by atoms with Crippen molar-refractivity contribution in [2.24, 2.45) is 0 Å². The third kappa shape index (κ3) is 5.89. The number of hydrogen-bond acceptors (Lipinski definition) is 6. The number of fused-ring (bicyclic) bond motifs is 1. The first kappa shape index (κ1) is 26.9. The Kier molecular flexibility index (Phi) is 8.05. The number of aromatic nitrogens is 1. The second-order valence-corrected chi connectivity index (χ2v) is 11.0. The Hall–Kier alpha value is -3.15. The summed E-state index contributed by atoms with van der Waals surface area (Å²) >= 11 is 0. The zero-order valence-corrected chi connectivity index (χ0v) is 21.9. The second-order valence-electron chi connectivity index (χ2n) is 9.17. The van der Waals surface area contributed by atoms with Gasteiger partial charge >= 0.3 is 0 Å². The zero-order valence-electron chi connectivity index (χ0n) is 21.1. The van der Waals surface area contributed by atoms with Crippen molar-refractivity contribution in [2.75, 3.05) is 31.1 Å². The molecule has 0 aliphatic carbocycles. The molecule has 3 aromatic rings. The van der Waals surface area contributed by atoms with E-state index in [2.05, 4.69) is 10.1 Å². The van der Waals surface area contributed by atoms with Crippen LogP contribution in [0.25, 0.3) is 0 Å². The first-order chi connectivity index (χ1) is 17.6. The number of carbonyl (C=O) groups is 1. The maximum atomic E-state index is 14.4. The van der Waals surface area contributed by atoms with Crippen molar-refractivity contribution in [3.8, 4) is 0 Å². The molecule has 0 saturated carbocycles. The molecule has 0 atom stereocenters. The monoisotopic (exact) mass is 532 g/mol. The predicted octanol–water partition coefficient (Wildman–Crippen LogP) is 4.02. The summed E-state index contributed by atoms with van der Waals surface area (Å²) < 4.78 is 62.7. The maximum absolute atomic E-state index is 14.4. The number of nitrogens with zero attached hydrogens (tertiary/aromatic N) is 4. The zero-order chi connectivity index (χ0) is 26.7. The Labute approximate surface area is 215 Å². The molecule has 8 nitrogen and oxygen atoms in total. The number of amides is 1. The van der Waals surface area contributed by atoms with Crippen LogP contribution in [-0.2, 0) is 27.9 Å². The van der Waals surface area contributed by atoms with Gasteiger partial charge < -0.3 is 9.42 Å². The van der Waals surface area contributed by atoms with Crippen molar-refractivity contribution < 1.29 is 26.5 Å². The van der Waals surface area contributed by atoms with Gasteiger partial charge in [-0.25, -0.2) is 17.2 Å². The largest absolute Gasteiger partial charge is 0.360 e. The molecule has 0 radical (unpaired) electrons. The molecule has 1 aliphatic rings. The van der Waals surface area contributed by atoms with Crippen LogP contribution < -0.4 is 4.90 Å². The maximum Gasteiger partial charge on any atom is 0.248 e. The van der Waals surface area contributed by atoms with Gasteiger partial charge in [-0.3, -0.25) is 9.69 Å². The van der Waals surface area contributed by atoms with E-state index >= 15 is 0 Å². The second kappa shape index (κ2) is 11.1. The number of halogens is 2. The fourth-order valence-electron chi connectivity index (χ4n) is 4.67. The van der Waals surface area contributed by atoms with Gasteiger partial charge in [-0.2, -0.15) is 4.31 Å². The number of aryl methyl sites for hydroxylation is 2. The van der Waals surface area contributed by atoms with Gasteiger partial charge in [0.1, 0.15) is 10.6 Å². The molecule has 0 saturated heterocycles. The minimum Gasteiger partial charge on any atom is -0.360 e. The number of hydrogen-bond donors (Lipinski definition) is 0. The van der Waals surface area contributed by atoms with Crippen LogP contribution in [0.4, 0.5) is 14.5 Å². The lowest BCUT2D eigenvalue weighted by Gasteiger charge is -2.27. The van der Waals surface area contributed by atoms with Crippen LogP contribution in [0.3, 0.4) is 0 Å². The number of rotatable bonds is 4. The van der Waals surface area contributed by atoms with Gasteiger partial charge in [0.2, 0.25) is 15.9 Å². The van der Waals surface area contributed by atoms with E-state index in [4.69, 9.17) is 4.52 Å². The molecule has 0 bridgehead atoms. The third-order valence-corrected chi connectivity index (χ3v) is 8.57. The molecule has 0 unspecified atom stereocenters. The highest BCUT2D eigenvalue weighted by Gasteiger charge is 2.33. The first-order valence-corrected chi connectivity index (χ1v) is 13.5. The Bertz CT molecular complexity index is 1360. The molecule has 0 N–H and O–H groups in total. The lowest BCUT2D eigenvalue weighted by Crippen LogP contribution is -2.38. The molecule has 0 spiro atoms. The number of sulfonamides is 1. The van der Waals surface area contributed by atoms with Crippen molar-refractivity contribution >= 4 is 21.6 Å². The summed E-state index contributed by atoms with van der Waals surface area (Å²) in [6.07, 6.45) is 0.557.